The summed E-state index contributed by atoms with van der Waals surface area (Å²) in [4.78, 5) is 10.7. The highest BCUT2D eigenvalue weighted by atomic mass is 19.1. The average molecular weight is 253 g/mol. The molecule has 6 heteroatoms. The summed E-state index contributed by atoms with van der Waals surface area (Å²) < 4.78 is 32.2. The maximum atomic E-state index is 13.9. The summed E-state index contributed by atoms with van der Waals surface area (Å²) in [6.45, 7) is 2.80. The van der Waals surface area contributed by atoms with E-state index in [0.29, 0.717) is 0 Å². The molecule has 0 saturated heterocycles. The van der Waals surface area contributed by atoms with E-state index >= 15 is 0 Å². The van der Waals surface area contributed by atoms with E-state index in [4.69, 9.17) is 9.63 Å². The van der Waals surface area contributed by atoms with Crippen LogP contribution in [0.1, 0.15) is 21.6 Å². The van der Waals surface area contributed by atoms with Crippen molar-refractivity contribution in [1.29, 1.82) is 0 Å². The molecule has 0 fully saturated rings. The Kier molecular flexibility index (Phi) is 2.86. The van der Waals surface area contributed by atoms with Crippen molar-refractivity contribution < 1.29 is 23.2 Å². The van der Waals surface area contributed by atoms with Gasteiger partial charge in [-0.3, -0.25) is 0 Å². The van der Waals surface area contributed by atoms with E-state index in [1.54, 1.807) is 0 Å². The molecule has 0 aliphatic carbocycles. The zero-order valence-corrected chi connectivity index (χ0v) is 9.62. The lowest BCUT2D eigenvalue weighted by Crippen LogP contribution is -1.96. The molecular weight excluding hydrogens is 244 g/mol. The Labute approximate surface area is 101 Å². The van der Waals surface area contributed by atoms with E-state index in [0.717, 1.165) is 12.1 Å². The van der Waals surface area contributed by atoms with Gasteiger partial charge < -0.3 is 9.63 Å². The Bertz CT molecular complexity index is 608. The van der Waals surface area contributed by atoms with Crippen LogP contribution < -0.4 is 0 Å². The predicted octanol–water partition coefficient (Wildman–Crippen LogP) is 2.93. The number of aryl methyl sites for hydroxylation is 1. The van der Waals surface area contributed by atoms with E-state index in [1.807, 2.05) is 0 Å². The topological polar surface area (TPSA) is 63.3 Å². The van der Waals surface area contributed by atoms with Crippen LogP contribution >= 0.6 is 0 Å². The highest BCUT2D eigenvalue weighted by molar-refractivity contribution is 5.86. The summed E-state index contributed by atoms with van der Waals surface area (Å²) >= 11 is 0. The molecule has 0 bridgehead atoms. The van der Waals surface area contributed by atoms with Gasteiger partial charge >= 0.3 is 5.97 Å². The molecule has 94 valence electrons. The quantitative estimate of drug-likeness (QED) is 0.893. The number of nitrogens with zero attached hydrogens (tertiary/aromatic N) is 1. The second-order valence-electron chi connectivity index (χ2n) is 3.87. The molecule has 0 unspecified atom stereocenters. The van der Waals surface area contributed by atoms with Crippen molar-refractivity contribution >= 4 is 5.97 Å². The SMILES string of the molecule is Cc1cc(F)c(C)c(-c2cc(C(=O)O)no2)c1F. The highest BCUT2D eigenvalue weighted by Crippen LogP contribution is 2.30. The Morgan fingerprint density at radius 3 is 2.56 bits per heavy atom. The zero-order chi connectivity index (χ0) is 13.4. The zero-order valence-electron chi connectivity index (χ0n) is 9.62. The third-order valence-electron chi connectivity index (χ3n) is 2.62. The first-order chi connectivity index (χ1) is 8.41. The number of hydrogen-bond donors (Lipinski definition) is 1. The number of carbonyl (C=O) groups is 1. The summed E-state index contributed by atoms with van der Waals surface area (Å²) in [6, 6.07) is 2.13. The minimum absolute atomic E-state index is 0.0474. The van der Waals surface area contributed by atoms with E-state index in [-0.39, 0.29) is 28.1 Å². The number of carboxylic acids is 1. The van der Waals surface area contributed by atoms with Crippen molar-refractivity contribution in [3.63, 3.8) is 0 Å². The lowest BCUT2D eigenvalue weighted by molar-refractivity contribution is 0.0686. The Morgan fingerprint density at radius 2 is 2.00 bits per heavy atom. The second-order valence-corrected chi connectivity index (χ2v) is 3.87. The number of halogens is 2. The fraction of sp³-hybridized carbons (Fsp3) is 0.167. The third kappa shape index (κ3) is 1.85. The van der Waals surface area contributed by atoms with Crippen molar-refractivity contribution in [1.82, 2.24) is 5.16 Å². The molecule has 0 aliphatic heterocycles. The molecule has 0 amide bonds. The van der Waals surface area contributed by atoms with Crippen LogP contribution in [-0.4, -0.2) is 16.2 Å². The summed E-state index contributed by atoms with van der Waals surface area (Å²) in [6.07, 6.45) is 0. The molecule has 2 aromatic rings. The number of aromatic nitrogens is 1. The van der Waals surface area contributed by atoms with Gasteiger partial charge in [0.25, 0.3) is 0 Å². The molecule has 1 N–H and O–H groups in total. The average Bonchev–Trinajstić information content (AvgIpc) is 2.76. The van der Waals surface area contributed by atoms with Crippen molar-refractivity contribution in [3.05, 3.63) is 40.6 Å². The van der Waals surface area contributed by atoms with Gasteiger partial charge in [-0.15, -0.1) is 0 Å². The molecule has 1 aromatic heterocycles. The molecule has 0 aliphatic rings. The van der Waals surface area contributed by atoms with E-state index in [9.17, 15) is 13.6 Å². The van der Waals surface area contributed by atoms with Gasteiger partial charge in [-0.05, 0) is 31.0 Å². The highest BCUT2D eigenvalue weighted by Gasteiger charge is 2.20. The van der Waals surface area contributed by atoms with Crippen LogP contribution in [0.2, 0.25) is 0 Å². The van der Waals surface area contributed by atoms with E-state index in [1.165, 1.54) is 13.8 Å². The van der Waals surface area contributed by atoms with Gasteiger partial charge in [-0.1, -0.05) is 5.16 Å². The molecule has 18 heavy (non-hydrogen) atoms. The summed E-state index contributed by atoms with van der Waals surface area (Å²) in [5.74, 6) is -2.64. The molecule has 4 nitrogen and oxygen atoms in total. The number of carboxylic acid groups (broad SMARTS) is 1. The third-order valence-corrected chi connectivity index (χ3v) is 2.62. The number of benzene rings is 1. The molecule has 1 heterocycles. The van der Waals surface area contributed by atoms with Crippen LogP contribution in [0.25, 0.3) is 11.3 Å². The summed E-state index contributed by atoms with van der Waals surface area (Å²) in [7, 11) is 0. The minimum atomic E-state index is -1.30. The van der Waals surface area contributed by atoms with Gasteiger partial charge in [0.05, 0.1) is 5.56 Å². The lowest BCUT2D eigenvalue weighted by Gasteiger charge is -2.07. The Hall–Kier alpha value is -2.24. The largest absolute Gasteiger partial charge is 0.476 e. The van der Waals surface area contributed by atoms with Gasteiger partial charge in [0, 0.05) is 6.07 Å². The van der Waals surface area contributed by atoms with Crippen LogP contribution in [0.3, 0.4) is 0 Å². The summed E-state index contributed by atoms with van der Waals surface area (Å²) in [5, 5.41) is 12.0. The number of rotatable bonds is 2. The maximum Gasteiger partial charge on any atom is 0.358 e. The normalized spacial score (nSPS) is 10.7. The predicted molar refractivity (Wildman–Crippen MR) is 58.3 cm³/mol. The first kappa shape index (κ1) is 12.2. The van der Waals surface area contributed by atoms with Crippen LogP contribution in [-0.2, 0) is 0 Å². The van der Waals surface area contributed by atoms with E-state index < -0.39 is 17.6 Å². The molecule has 0 radical (unpaired) electrons. The molecule has 0 saturated carbocycles. The van der Waals surface area contributed by atoms with Crippen molar-refractivity contribution in [2.45, 2.75) is 13.8 Å². The van der Waals surface area contributed by atoms with Crippen molar-refractivity contribution in [3.8, 4) is 11.3 Å². The fourth-order valence-electron chi connectivity index (χ4n) is 1.63. The summed E-state index contributed by atoms with van der Waals surface area (Å²) in [5.41, 5.74) is -0.300. The van der Waals surface area contributed by atoms with Gasteiger partial charge in [0.1, 0.15) is 11.6 Å². The van der Waals surface area contributed by atoms with Crippen LogP contribution in [0.5, 0.6) is 0 Å². The van der Waals surface area contributed by atoms with Crippen LogP contribution in [0.15, 0.2) is 16.7 Å². The lowest BCUT2D eigenvalue weighted by atomic mass is 10.0. The molecule has 0 spiro atoms. The smallest absolute Gasteiger partial charge is 0.358 e. The van der Waals surface area contributed by atoms with E-state index in [2.05, 4.69) is 5.16 Å². The van der Waals surface area contributed by atoms with Gasteiger partial charge in [-0.25, -0.2) is 13.6 Å². The van der Waals surface area contributed by atoms with Crippen LogP contribution in [0, 0.1) is 25.5 Å². The van der Waals surface area contributed by atoms with Gasteiger partial charge in [0.15, 0.2) is 11.5 Å². The molecular formula is C12H9F2NO3. The monoisotopic (exact) mass is 253 g/mol. The second kappa shape index (κ2) is 4.21. The Balaban J connectivity index is 2.66. The fourth-order valence-corrected chi connectivity index (χ4v) is 1.63. The minimum Gasteiger partial charge on any atom is -0.476 e. The first-order valence-electron chi connectivity index (χ1n) is 5.07. The number of aromatic carboxylic acids is 1. The molecule has 0 atom stereocenters. The van der Waals surface area contributed by atoms with Crippen LogP contribution in [0.4, 0.5) is 8.78 Å². The standard InChI is InChI=1S/C12H9F2NO3/c1-5-3-7(13)6(2)10(11(5)14)9-4-8(12(16)17)15-18-9/h3-4H,1-2H3,(H,16,17). The number of hydrogen-bond acceptors (Lipinski definition) is 3. The molecule has 1 aromatic carbocycles. The van der Waals surface area contributed by atoms with Gasteiger partial charge in [0.2, 0.25) is 0 Å². The first-order valence-corrected chi connectivity index (χ1v) is 5.07. The van der Waals surface area contributed by atoms with Crippen molar-refractivity contribution in [2.75, 3.05) is 0 Å². The Morgan fingerprint density at radius 1 is 1.33 bits per heavy atom. The maximum absolute atomic E-state index is 13.9. The molecule has 2 rings (SSSR count). The van der Waals surface area contributed by atoms with Gasteiger partial charge in [-0.2, -0.15) is 0 Å². The van der Waals surface area contributed by atoms with Crippen molar-refractivity contribution in [2.24, 2.45) is 0 Å².